The molecule has 0 spiro atoms. The van der Waals surface area contributed by atoms with Crippen molar-refractivity contribution in [1.29, 1.82) is 0 Å². The number of nitrogens with zero attached hydrogens (tertiary/aromatic N) is 1. The Balaban J connectivity index is 2.92. The summed E-state index contributed by atoms with van der Waals surface area (Å²) in [5.41, 5.74) is 1.01. The van der Waals surface area contributed by atoms with Crippen LogP contribution < -0.4 is 0 Å². The number of aromatic nitrogens is 1. The van der Waals surface area contributed by atoms with Crippen LogP contribution in [0.2, 0.25) is 5.15 Å². The zero-order chi connectivity index (χ0) is 11.9. The molecule has 1 heterocycles. The van der Waals surface area contributed by atoms with Crippen molar-refractivity contribution in [2.24, 2.45) is 0 Å². The highest BCUT2D eigenvalue weighted by Crippen LogP contribution is 2.31. The van der Waals surface area contributed by atoms with Gasteiger partial charge in [-0.1, -0.05) is 27.5 Å². The lowest BCUT2D eigenvalue weighted by molar-refractivity contribution is 0.0699. The molecule has 1 aromatic heterocycles. The van der Waals surface area contributed by atoms with Crippen molar-refractivity contribution in [2.75, 3.05) is 0 Å². The van der Waals surface area contributed by atoms with Crippen LogP contribution in [0.25, 0.3) is 10.9 Å². The third-order valence-corrected chi connectivity index (χ3v) is 3.38. The number of carbonyl (C=O) groups is 1. The van der Waals surface area contributed by atoms with Gasteiger partial charge in [0.1, 0.15) is 10.7 Å². The average Bonchev–Trinajstić information content (AvgIpc) is 2.48. The van der Waals surface area contributed by atoms with Crippen molar-refractivity contribution in [1.82, 2.24) is 4.57 Å². The first-order valence-electron chi connectivity index (χ1n) is 4.76. The second-order valence-corrected chi connectivity index (χ2v) is 4.65. The normalized spacial score (nSPS) is 10.9. The number of hydrogen-bond donors (Lipinski definition) is 1. The van der Waals surface area contributed by atoms with Gasteiger partial charge >= 0.3 is 5.97 Å². The Labute approximate surface area is 106 Å². The Morgan fingerprint density at radius 2 is 2.25 bits per heavy atom. The van der Waals surface area contributed by atoms with Crippen molar-refractivity contribution in [3.05, 3.63) is 33.4 Å². The quantitative estimate of drug-likeness (QED) is 0.917. The number of fused-ring (bicyclic) bond motifs is 1. The fourth-order valence-corrected chi connectivity index (χ4v) is 2.56. The molecule has 0 saturated carbocycles. The zero-order valence-electron chi connectivity index (χ0n) is 8.50. The van der Waals surface area contributed by atoms with Gasteiger partial charge < -0.3 is 9.67 Å². The van der Waals surface area contributed by atoms with Gasteiger partial charge in [0, 0.05) is 16.4 Å². The van der Waals surface area contributed by atoms with Crippen molar-refractivity contribution in [3.8, 4) is 0 Å². The largest absolute Gasteiger partial charge is 0.478 e. The molecule has 0 aliphatic heterocycles. The highest BCUT2D eigenvalue weighted by molar-refractivity contribution is 9.10. The topological polar surface area (TPSA) is 42.2 Å². The molecule has 0 aliphatic carbocycles. The van der Waals surface area contributed by atoms with E-state index in [2.05, 4.69) is 15.9 Å². The molecule has 0 radical (unpaired) electrons. The molecule has 0 fully saturated rings. The maximum atomic E-state index is 11.2. The fraction of sp³-hybridized carbons (Fsp3) is 0.182. The molecular formula is C11H9BrClNO2. The van der Waals surface area contributed by atoms with Gasteiger partial charge in [0.25, 0.3) is 0 Å². The lowest BCUT2D eigenvalue weighted by atomic mass is 10.2. The van der Waals surface area contributed by atoms with E-state index < -0.39 is 5.97 Å². The summed E-state index contributed by atoms with van der Waals surface area (Å²) in [6, 6.07) is 5.51. The summed E-state index contributed by atoms with van der Waals surface area (Å²) >= 11 is 9.39. The van der Waals surface area contributed by atoms with Crippen LogP contribution in [-0.4, -0.2) is 15.6 Å². The predicted octanol–water partition coefficient (Wildman–Crippen LogP) is 3.78. The standard InChI is InChI=1S/C11H9BrClNO2/c1-2-14-8-4-3-6(12)5-7(8)9(10(14)13)11(15)16/h3-5H,2H2,1H3,(H,15,16). The van der Waals surface area contributed by atoms with Gasteiger partial charge in [0.2, 0.25) is 0 Å². The number of benzene rings is 1. The van der Waals surface area contributed by atoms with Crippen LogP contribution in [0.15, 0.2) is 22.7 Å². The molecule has 1 N–H and O–H groups in total. The Morgan fingerprint density at radius 1 is 1.56 bits per heavy atom. The van der Waals surface area contributed by atoms with E-state index in [9.17, 15) is 4.79 Å². The molecule has 0 atom stereocenters. The lowest BCUT2D eigenvalue weighted by Gasteiger charge is -2.01. The monoisotopic (exact) mass is 301 g/mol. The van der Waals surface area contributed by atoms with E-state index in [0.717, 1.165) is 9.99 Å². The van der Waals surface area contributed by atoms with Gasteiger partial charge in [-0.15, -0.1) is 0 Å². The van der Waals surface area contributed by atoms with E-state index >= 15 is 0 Å². The number of rotatable bonds is 2. The Kier molecular flexibility index (Phi) is 2.95. The first-order chi connectivity index (χ1) is 7.56. The molecule has 84 valence electrons. The average molecular weight is 303 g/mol. The molecule has 0 unspecified atom stereocenters. The van der Waals surface area contributed by atoms with Crippen LogP contribution in [0, 0.1) is 0 Å². The summed E-state index contributed by atoms with van der Waals surface area (Å²) in [6.45, 7) is 2.57. The highest BCUT2D eigenvalue weighted by Gasteiger charge is 2.20. The Morgan fingerprint density at radius 3 is 2.81 bits per heavy atom. The molecule has 3 nitrogen and oxygen atoms in total. The summed E-state index contributed by atoms with van der Waals surface area (Å²) in [5, 5.41) is 10.1. The minimum Gasteiger partial charge on any atom is -0.478 e. The summed E-state index contributed by atoms with van der Waals surface area (Å²) in [5.74, 6) is -1.000. The molecule has 0 aliphatic rings. The van der Waals surface area contributed by atoms with Crippen LogP contribution in [0.5, 0.6) is 0 Å². The molecule has 2 aromatic rings. The van der Waals surface area contributed by atoms with Crippen LogP contribution >= 0.6 is 27.5 Å². The summed E-state index contributed by atoms with van der Waals surface area (Å²) < 4.78 is 2.62. The van der Waals surface area contributed by atoms with E-state index in [1.807, 2.05) is 19.1 Å². The third-order valence-electron chi connectivity index (χ3n) is 2.49. The summed E-state index contributed by atoms with van der Waals surface area (Å²) in [7, 11) is 0. The smallest absolute Gasteiger partial charge is 0.339 e. The van der Waals surface area contributed by atoms with Crippen LogP contribution in [-0.2, 0) is 6.54 Å². The molecule has 0 bridgehead atoms. The molecule has 1 aromatic carbocycles. The number of carboxylic acids is 1. The zero-order valence-corrected chi connectivity index (χ0v) is 10.8. The number of hydrogen-bond acceptors (Lipinski definition) is 1. The van der Waals surface area contributed by atoms with Crippen molar-refractivity contribution >= 4 is 44.4 Å². The van der Waals surface area contributed by atoms with Crippen LogP contribution in [0.4, 0.5) is 0 Å². The minimum absolute atomic E-state index is 0.166. The fourth-order valence-electron chi connectivity index (χ4n) is 1.81. The molecule has 0 amide bonds. The predicted molar refractivity (Wildman–Crippen MR) is 67.3 cm³/mol. The Hall–Kier alpha value is -1.000. The number of aromatic carboxylic acids is 1. The van der Waals surface area contributed by atoms with Gasteiger partial charge in [-0.25, -0.2) is 4.79 Å². The highest BCUT2D eigenvalue weighted by atomic mass is 79.9. The van der Waals surface area contributed by atoms with E-state index in [1.165, 1.54) is 0 Å². The van der Waals surface area contributed by atoms with Crippen molar-refractivity contribution in [2.45, 2.75) is 13.5 Å². The van der Waals surface area contributed by atoms with Crippen molar-refractivity contribution in [3.63, 3.8) is 0 Å². The number of aryl methyl sites for hydroxylation is 1. The van der Waals surface area contributed by atoms with E-state index in [0.29, 0.717) is 11.9 Å². The van der Waals surface area contributed by atoms with Gasteiger partial charge in [0.15, 0.2) is 0 Å². The maximum absolute atomic E-state index is 11.2. The molecular weight excluding hydrogens is 293 g/mol. The third kappa shape index (κ3) is 1.62. The van der Waals surface area contributed by atoms with Gasteiger partial charge in [-0.2, -0.15) is 0 Å². The first-order valence-corrected chi connectivity index (χ1v) is 5.94. The van der Waals surface area contributed by atoms with Crippen LogP contribution in [0.3, 0.4) is 0 Å². The SMILES string of the molecule is CCn1c(Cl)c(C(=O)O)c2cc(Br)ccc21. The molecule has 5 heteroatoms. The summed E-state index contributed by atoms with van der Waals surface area (Å²) in [4.78, 5) is 11.2. The second kappa shape index (κ2) is 4.11. The van der Waals surface area contributed by atoms with E-state index in [1.54, 1.807) is 10.6 Å². The van der Waals surface area contributed by atoms with Crippen LogP contribution in [0.1, 0.15) is 17.3 Å². The molecule has 16 heavy (non-hydrogen) atoms. The number of halogens is 2. The molecule has 2 rings (SSSR count). The van der Waals surface area contributed by atoms with E-state index in [4.69, 9.17) is 16.7 Å². The minimum atomic E-state index is -1.000. The lowest BCUT2D eigenvalue weighted by Crippen LogP contribution is -1.98. The van der Waals surface area contributed by atoms with E-state index in [-0.39, 0.29) is 10.7 Å². The maximum Gasteiger partial charge on any atom is 0.339 e. The molecule has 0 saturated heterocycles. The van der Waals surface area contributed by atoms with Crippen molar-refractivity contribution < 1.29 is 9.90 Å². The van der Waals surface area contributed by atoms with Gasteiger partial charge in [0.05, 0.1) is 5.52 Å². The summed E-state index contributed by atoms with van der Waals surface area (Å²) in [6.07, 6.45) is 0. The Bertz CT molecular complexity index is 577. The van der Waals surface area contributed by atoms with Gasteiger partial charge in [-0.3, -0.25) is 0 Å². The van der Waals surface area contributed by atoms with Gasteiger partial charge in [-0.05, 0) is 25.1 Å². The first kappa shape index (κ1) is 11.5. The number of carboxylic acid groups (broad SMARTS) is 1. The second-order valence-electron chi connectivity index (χ2n) is 3.38.